The number of nitrogens with one attached hydrogen (secondary N) is 2. The number of benzene rings is 1. The summed E-state index contributed by atoms with van der Waals surface area (Å²) in [6.07, 6.45) is 2.31. The van der Waals surface area contributed by atoms with Crippen LogP contribution in [0.5, 0.6) is 0 Å². The maximum atomic E-state index is 12.5. The van der Waals surface area contributed by atoms with Crippen LogP contribution >= 0.6 is 0 Å². The van der Waals surface area contributed by atoms with E-state index in [1.54, 1.807) is 29.8 Å². The first-order valence-electron chi connectivity index (χ1n) is 8.69. The van der Waals surface area contributed by atoms with Crippen molar-refractivity contribution in [2.75, 3.05) is 12.4 Å². The van der Waals surface area contributed by atoms with Gasteiger partial charge >= 0.3 is 0 Å². The molecule has 8 nitrogen and oxygen atoms in total. The number of carbonyl (C=O) groups excluding carboxylic acids is 2. The number of rotatable bonds is 5. The number of nitrogens with zero attached hydrogens (tertiary/aromatic N) is 4. The molecule has 27 heavy (non-hydrogen) atoms. The summed E-state index contributed by atoms with van der Waals surface area (Å²) in [7, 11) is 1.58. The quantitative estimate of drug-likeness (QED) is 0.719. The normalized spacial score (nSPS) is 10.8. The zero-order valence-corrected chi connectivity index (χ0v) is 15.8. The van der Waals surface area contributed by atoms with E-state index in [0.717, 1.165) is 22.5 Å². The summed E-state index contributed by atoms with van der Waals surface area (Å²) < 4.78 is 1.68. The van der Waals surface area contributed by atoms with Gasteiger partial charge < -0.3 is 10.6 Å². The molecular weight excluding hydrogens is 344 g/mol. The molecule has 0 fully saturated rings. The van der Waals surface area contributed by atoms with Crippen LogP contribution in [0.2, 0.25) is 0 Å². The molecule has 0 aliphatic rings. The molecule has 2 amide bonds. The van der Waals surface area contributed by atoms with E-state index in [4.69, 9.17) is 0 Å². The van der Waals surface area contributed by atoms with Crippen molar-refractivity contribution in [1.82, 2.24) is 24.9 Å². The Balaban J connectivity index is 1.73. The Morgan fingerprint density at radius 2 is 1.96 bits per heavy atom. The smallest absolute Gasteiger partial charge is 0.252 e. The average molecular weight is 366 g/mol. The molecule has 0 unspecified atom stereocenters. The molecule has 2 heterocycles. The van der Waals surface area contributed by atoms with Crippen molar-refractivity contribution in [3.63, 3.8) is 0 Å². The van der Waals surface area contributed by atoms with E-state index in [2.05, 4.69) is 25.7 Å². The first-order chi connectivity index (χ1) is 12.9. The maximum absolute atomic E-state index is 12.5. The zero-order chi connectivity index (χ0) is 19.6. The molecule has 0 aliphatic heterocycles. The Bertz CT molecular complexity index is 1020. The highest BCUT2D eigenvalue weighted by Crippen LogP contribution is 2.20. The highest BCUT2D eigenvalue weighted by atomic mass is 16.2. The van der Waals surface area contributed by atoms with E-state index in [9.17, 15) is 9.59 Å². The van der Waals surface area contributed by atoms with E-state index in [1.165, 1.54) is 6.33 Å². The van der Waals surface area contributed by atoms with E-state index >= 15 is 0 Å². The van der Waals surface area contributed by atoms with Crippen LogP contribution in [0.25, 0.3) is 5.78 Å². The lowest BCUT2D eigenvalue weighted by molar-refractivity contribution is -0.116. The lowest BCUT2D eigenvalue weighted by Gasteiger charge is -2.13. The van der Waals surface area contributed by atoms with Crippen LogP contribution in [0.1, 0.15) is 39.3 Å². The molecule has 2 N–H and O–H groups in total. The van der Waals surface area contributed by atoms with Crippen molar-refractivity contribution in [1.29, 1.82) is 0 Å². The second kappa shape index (κ2) is 7.53. The predicted molar refractivity (Wildman–Crippen MR) is 102 cm³/mol. The van der Waals surface area contributed by atoms with Crippen molar-refractivity contribution in [3.05, 3.63) is 52.6 Å². The first-order valence-corrected chi connectivity index (χ1v) is 8.69. The highest BCUT2D eigenvalue weighted by molar-refractivity contribution is 5.99. The minimum Gasteiger partial charge on any atom is -0.355 e. The monoisotopic (exact) mass is 366 g/mol. The third-order valence-electron chi connectivity index (χ3n) is 4.67. The largest absolute Gasteiger partial charge is 0.355 e. The highest BCUT2D eigenvalue weighted by Gasteiger charge is 2.15. The number of fused-ring (bicyclic) bond motifs is 1. The number of aryl methyl sites for hydroxylation is 2. The van der Waals surface area contributed by atoms with E-state index in [1.807, 2.05) is 20.8 Å². The number of hydrogen-bond acceptors (Lipinski definition) is 5. The maximum Gasteiger partial charge on any atom is 0.252 e. The third kappa shape index (κ3) is 3.64. The molecule has 0 saturated carbocycles. The fourth-order valence-electron chi connectivity index (χ4n) is 3.12. The molecule has 8 heteroatoms. The van der Waals surface area contributed by atoms with Gasteiger partial charge in [0.2, 0.25) is 5.91 Å². The summed E-state index contributed by atoms with van der Waals surface area (Å²) >= 11 is 0. The predicted octanol–water partition coefficient (Wildman–Crippen LogP) is 1.98. The van der Waals surface area contributed by atoms with Crippen LogP contribution in [0, 0.1) is 20.8 Å². The lowest BCUT2D eigenvalue weighted by Crippen LogP contribution is -2.20. The first kappa shape index (κ1) is 18.5. The number of aromatic nitrogens is 4. The van der Waals surface area contributed by atoms with Crippen molar-refractivity contribution >= 4 is 23.3 Å². The molecule has 0 spiro atoms. The SMILES string of the molecule is CNC(=O)c1cccc(NC(=O)CCc2c(C)nc3ncnn3c2C)c1C. The van der Waals surface area contributed by atoms with Gasteiger partial charge in [0.1, 0.15) is 6.33 Å². The number of amides is 2. The minimum absolute atomic E-state index is 0.121. The Morgan fingerprint density at radius 1 is 1.19 bits per heavy atom. The average Bonchev–Trinajstić information content (AvgIpc) is 3.11. The zero-order valence-electron chi connectivity index (χ0n) is 15.8. The molecule has 0 aliphatic carbocycles. The Kier molecular flexibility index (Phi) is 5.16. The molecule has 0 radical (unpaired) electrons. The van der Waals surface area contributed by atoms with Crippen molar-refractivity contribution in [2.45, 2.75) is 33.6 Å². The summed E-state index contributed by atoms with van der Waals surface area (Å²) in [5.74, 6) is 0.256. The van der Waals surface area contributed by atoms with E-state index in [-0.39, 0.29) is 11.8 Å². The van der Waals surface area contributed by atoms with Gasteiger partial charge in [-0.2, -0.15) is 10.1 Å². The molecule has 0 atom stereocenters. The van der Waals surface area contributed by atoms with Gasteiger partial charge in [0, 0.05) is 36.1 Å². The standard InChI is InChI=1S/C19H22N6O2/c1-11-14(18(27)20-4)6-5-7-16(11)24-17(26)9-8-15-12(2)23-19-21-10-22-25(19)13(15)3/h5-7,10H,8-9H2,1-4H3,(H,20,27)(H,24,26). The van der Waals surface area contributed by atoms with Crippen LogP contribution in [-0.4, -0.2) is 38.4 Å². The molecule has 3 aromatic rings. The van der Waals surface area contributed by atoms with Gasteiger partial charge in [0.15, 0.2) is 0 Å². The topological polar surface area (TPSA) is 101 Å². The van der Waals surface area contributed by atoms with Gasteiger partial charge in [-0.05, 0) is 50.5 Å². The van der Waals surface area contributed by atoms with Crippen LogP contribution in [-0.2, 0) is 11.2 Å². The van der Waals surface area contributed by atoms with Crippen LogP contribution in [0.3, 0.4) is 0 Å². The van der Waals surface area contributed by atoms with Crippen molar-refractivity contribution in [3.8, 4) is 0 Å². The number of hydrogen-bond donors (Lipinski definition) is 2. The molecule has 0 bridgehead atoms. The minimum atomic E-state index is -0.179. The van der Waals surface area contributed by atoms with Crippen LogP contribution in [0.4, 0.5) is 5.69 Å². The van der Waals surface area contributed by atoms with Gasteiger partial charge in [-0.25, -0.2) is 9.50 Å². The van der Waals surface area contributed by atoms with Gasteiger partial charge in [-0.15, -0.1) is 0 Å². The number of carbonyl (C=O) groups is 2. The molecule has 140 valence electrons. The van der Waals surface area contributed by atoms with Gasteiger partial charge in [-0.3, -0.25) is 9.59 Å². The van der Waals surface area contributed by atoms with Gasteiger partial charge in [-0.1, -0.05) is 6.07 Å². The lowest BCUT2D eigenvalue weighted by atomic mass is 10.0. The van der Waals surface area contributed by atoms with Gasteiger partial charge in [0.25, 0.3) is 11.7 Å². The summed E-state index contributed by atoms with van der Waals surface area (Å²) in [6.45, 7) is 5.67. The molecule has 2 aromatic heterocycles. The second-order valence-corrected chi connectivity index (χ2v) is 6.34. The van der Waals surface area contributed by atoms with Crippen molar-refractivity contribution < 1.29 is 9.59 Å². The summed E-state index contributed by atoms with van der Waals surface area (Å²) in [5.41, 5.74) is 4.68. The molecule has 1 aromatic carbocycles. The summed E-state index contributed by atoms with van der Waals surface area (Å²) in [5, 5.41) is 9.66. The molecule has 3 rings (SSSR count). The van der Waals surface area contributed by atoms with Gasteiger partial charge in [0.05, 0.1) is 0 Å². The number of anilines is 1. The summed E-state index contributed by atoms with van der Waals surface area (Å²) in [4.78, 5) is 32.9. The van der Waals surface area contributed by atoms with Crippen LogP contribution < -0.4 is 10.6 Å². The van der Waals surface area contributed by atoms with E-state index < -0.39 is 0 Å². The fourth-order valence-corrected chi connectivity index (χ4v) is 3.12. The van der Waals surface area contributed by atoms with Crippen LogP contribution in [0.15, 0.2) is 24.5 Å². The Hall–Kier alpha value is -3.29. The Labute approximate surface area is 157 Å². The van der Waals surface area contributed by atoms with Crippen molar-refractivity contribution in [2.24, 2.45) is 0 Å². The fraction of sp³-hybridized carbons (Fsp3) is 0.316. The Morgan fingerprint density at radius 3 is 2.70 bits per heavy atom. The van der Waals surface area contributed by atoms with E-state index in [0.29, 0.717) is 29.9 Å². The molecule has 0 saturated heterocycles. The third-order valence-corrected chi connectivity index (χ3v) is 4.67. The molecular formula is C19H22N6O2. The summed E-state index contributed by atoms with van der Waals surface area (Å²) in [6, 6.07) is 5.28. The second-order valence-electron chi connectivity index (χ2n) is 6.34.